The number of rotatable bonds is 4. The van der Waals surface area contributed by atoms with E-state index in [0.29, 0.717) is 5.88 Å². The average molecular weight is 200 g/mol. The predicted octanol–water partition coefficient (Wildman–Crippen LogP) is 0.637. The Kier molecular flexibility index (Phi) is 3.82. The highest BCUT2D eigenvalue weighted by Gasteiger charge is 1.98. The van der Waals surface area contributed by atoms with Crippen molar-refractivity contribution < 1.29 is 0 Å². The van der Waals surface area contributed by atoms with E-state index in [0.717, 1.165) is 12.2 Å². The summed E-state index contributed by atoms with van der Waals surface area (Å²) < 4.78 is 1.19. The minimum Gasteiger partial charge on any atom is -0.314 e. The molecule has 0 radical (unpaired) electrons. The molecule has 0 atom stereocenters. The molecule has 0 amide bonds. The number of hydrogen-bond acceptors (Lipinski definition) is 3. The van der Waals surface area contributed by atoms with Crippen molar-refractivity contribution in [1.29, 1.82) is 0 Å². The third kappa shape index (κ3) is 2.77. The predicted molar refractivity (Wildman–Crippen MR) is 54.1 cm³/mol. The Morgan fingerprint density at radius 3 is 2.92 bits per heavy atom. The lowest BCUT2D eigenvalue weighted by Crippen LogP contribution is -2.33. The molecule has 72 valence electrons. The first kappa shape index (κ1) is 10.1. The maximum absolute atomic E-state index is 11.2. The Bertz CT molecular complexity index is 341. The zero-order valence-corrected chi connectivity index (χ0v) is 8.26. The van der Waals surface area contributed by atoms with Gasteiger partial charge in [0, 0.05) is 12.3 Å². The molecule has 1 N–H and O–H groups in total. The van der Waals surface area contributed by atoms with E-state index in [2.05, 4.69) is 11.9 Å². The van der Waals surface area contributed by atoms with Crippen molar-refractivity contribution in [1.82, 2.24) is 9.55 Å². The van der Waals surface area contributed by atoms with Gasteiger partial charge in [0.05, 0.1) is 5.88 Å². The standard InChI is InChI=1S/C8H12N2O2S/c1-2-5-13-6-10-7(11)3-4-9-8(10)12/h3-4H,2,5-6H2,1H3,(H,9,12). The summed E-state index contributed by atoms with van der Waals surface area (Å²) in [6.45, 7) is 2.06. The number of H-pyrrole nitrogens is 1. The molecule has 1 aromatic heterocycles. The second-order valence-corrected chi connectivity index (χ2v) is 3.66. The summed E-state index contributed by atoms with van der Waals surface area (Å²) in [4.78, 5) is 24.8. The summed E-state index contributed by atoms with van der Waals surface area (Å²) >= 11 is 1.58. The van der Waals surface area contributed by atoms with E-state index in [1.54, 1.807) is 11.8 Å². The van der Waals surface area contributed by atoms with Gasteiger partial charge in [-0.3, -0.25) is 9.36 Å². The van der Waals surface area contributed by atoms with Gasteiger partial charge in [0.1, 0.15) is 0 Å². The number of nitrogens with zero attached hydrogens (tertiary/aromatic N) is 1. The van der Waals surface area contributed by atoms with Gasteiger partial charge in [0.2, 0.25) is 0 Å². The van der Waals surface area contributed by atoms with Crippen molar-refractivity contribution in [3.63, 3.8) is 0 Å². The quantitative estimate of drug-likeness (QED) is 0.725. The molecule has 4 nitrogen and oxygen atoms in total. The lowest BCUT2D eigenvalue weighted by Gasteiger charge is -2.01. The van der Waals surface area contributed by atoms with Crippen molar-refractivity contribution >= 4 is 11.8 Å². The highest BCUT2D eigenvalue weighted by Crippen LogP contribution is 2.02. The van der Waals surface area contributed by atoms with Gasteiger partial charge >= 0.3 is 5.69 Å². The lowest BCUT2D eigenvalue weighted by molar-refractivity contribution is 0.759. The van der Waals surface area contributed by atoms with Crippen LogP contribution in [0.25, 0.3) is 0 Å². The van der Waals surface area contributed by atoms with Gasteiger partial charge in [-0.15, -0.1) is 11.8 Å². The number of thioether (sulfide) groups is 1. The molecular formula is C8H12N2O2S. The van der Waals surface area contributed by atoms with Crippen molar-refractivity contribution in [3.05, 3.63) is 33.1 Å². The zero-order chi connectivity index (χ0) is 9.68. The van der Waals surface area contributed by atoms with Gasteiger partial charge in [-0.25, -0.2) is 4.79 Å². The number of nitrogens with one attached hydrogen (secondary N) is 1. The number of hydrogen-bond donors (Lipinski definition) is 1. The van der Waals surface area contributed by atoms with Crippen LogP contribution in [0.1, 0.15) is 13.3 Å². The third-order valence-corrected chi connectivity index (χ3v) is 2.65. The molecule has 13 heavy (non-hydrogen) atoms. The van der Waals surface area contributed by atoms with Gasteiger partial charge < -0.3 is 4.98 Å². The van der Waals surface area contributed by atoms with Gasteiger partial charge in [-0.1, -0.05) is 6.92 Å². The first-order valence-electron chi connectivity index (χ1n) is 4.12. The van der Waals surface area contributed by atoms with E-state index >= 15 is 0 Å². The largest absolute Gasteiger partial charge is 0.329 e. The summed E-state index contributed by atoms with van der Waals surface area (Å²) in [5, 5.41) is 0. The molecule has 0 aliphatic heterocycles. The maximum atomic E-state index is 11.2. The lowest BCUT2D eigenvalue weighted by atomic mass is 10.6. The normalized spacial score (nSPS) is 10.2. The first-order valence-corrected chi connectivity index (χ1v) is 5.27. The van der Waals surface area contributed by atoms with Gasteiger partial charge in [0.15, 0.2) is 0 Å². The molecule has 0 aromatic carbocycles. The van der Waals surface area contributed by atoms with Crippen molar-refractivity contribution in [3.8, 4) is 0 Å². The fraction of sp³-hybridized carbons (Fsp3) is 0.500. The molecule has 1 heterocycles. The molecule has 1 rings (SSSR count). The van der Waals surface area contributed by atoms with Crippen LogP contribution in [0.5, 0.6) is 0 Å². The van der Waals surface area contributed by atoms with E-state index in [9.17, 15) is 9.59 Å². The van der Waals surface area contributed by atoms with Gasteiger partial charge in [-0.05, 0) is 12.2 Å². The van der Waals surface area contributed by atoms with Crippen LogP contribution < -0.4 is 11.2 Å². The molecule has 0 aliphatic carbocycles. The highest BCUT2D eigenvalue weighted by atomic mass is 32.2. The molecule has 0 bridgehead atoms. The van der Waals surface area contributed by atoms with Crippen molar-refractivity contribution in [2.24, 2.45) is 0 Å². The molecule has 0 saturated carbocycles. The average Bonchev–Trinajstić information content (AvgIpc) is 2.10. The van der Waals surface area contributed by atoms with Gasteiger partial charge in [-0.2, -0.15) is 0 Å². The van der Waals surface area contributed by atoms with Crippen LogP contribution in [0.3, 0.4) is 0 Å². The Morgan fingerprint density at radius 2 is 2.31 bits per heavy atom. The van der Waals surface area contributed by atoms with Crippen molar-refractivity contribution in [2.75, 3.05) is 5.75 Å². The second kappa shape index (κ2) is 4.91. The molecule has 0 spiro atoms. The fourth-order valence-corrected chi connectivity index (χ4v) is 1.72. The maximum Gasteiger partial charge on any atom is 0.329 e. The topological polar surface area (TPSA) is 54.9 Å². The van der Waals surface area contributed by atoms with E-state index in [-0.39, 0.29) is 11.2 Å². The minimum atomic E-state index is -0.337. The minimum absolute atomic E-state index is 0.243. The first-order chi connectivity index (χ1) is 6.25. The Balaban J connectivity index is 2.76. The zero-order valence-electron chi connectivity index (χ0n) is 7.45. The fourth-order valence-electron chi connectivity index (χ4n) is 0.875. The highest BCUT2D eigenvalue weighted by molar-refractivity contribution is 7.98. The Morgan fingerprint density at radius 1 is 1.54 bits per heavy atom. The van der Waals surface area contributed by atoms with Crippen LogP contribution in [0.15, 0.2) is 21.9 Å². The second-order valence-electron chi connectivity index (χ2n) is 2.59. The summed E-state index contributed by atoms with van der Waals surface area (Å²) in [6.07, 6.45) is 2.41. The SMILES string of the molecule is CCCSCn1c(=O)cc[nH]c1=O. The summed E-state index contributed by atoms with van der Waals surface area (Å²) in [5.41, 5.74) is -0.580. The van der Waals surface area contributed by atoms with E-state index in [1.165, 1.54) is 16.8 Å². The van der Waals surface area contributed by atoms with Crippen LogP contribution >= 0.6 is 11.8 Å². The molecular weight excluding hydrogens is 188 g/mol. The van der Waals surface area contributed by atoms with Crippen LogP contribution in [-0.2, 0) is 5.88 Å². The van der Waals surface area contributed by atoms with Crippen LogP contribution in [0.4, 0.5) is 0 Å². The molecule has 0 fully saturated rings. The van der Waals surface area contributed by atoms with Crippen LogP contribution in [-0.4, -0.2) is 15.3 Å². The molecule has 1 aromatic rings. The van der Waals surface area contributed by atoms with Crippen LogP contribution in [0.2, 0.25) is 0 Å². The smallest absolute Gasteiger partial charge is 0.314 e. The molecule has 0 unspecified atom stereocenters. The van der Waals surface area contributed by atoms with E-state index in [4.69, 9.17) is 0 Å². The van der Waals surface area contributed by atoms with Gasteiger partial charge in [0.25, 0.3) is 5.56 Å². The molecule has 0 saturated heterocycles. The molecule has 5 heteroatoms. The number of aromatic amines is 1. The van der Waals surface area contributed by atoms with E-state index < -0.39 is 0 Å². The Labute approximate surface area is 80.0 Å². The monoisotopic (exact) mass is 200 g/mol. The molecule has 0 aliphatic rings. The van der Waals surface area contributed by atoms with E-state index in [1.807, 2.05) is 0 Å². The Hall–Kier alpha value is -0.970. The summed E-state index contributed by atoms with van der Waals surface area (Å²) in [6, 6.07) is 1.36. The number of aromatic nitrogens is 2. The summed E-state index contributed by atoms with van der Waals surface area (Å²) in [5.74, 6) is 1.39. The van der Waals surface area contributed by atoms with Crippen molar-refractivity contribution in [2.45, 2.75) is 19.2 Å². The summed E-state index contributed by atoms with van der Waals surface area (Å²) in [7, 11) is 0. The third-order valence-electron chi connectivity index (χ3n) is 1.51. The van der Waals surface area contributed by atoms with Crippen LogP contribution in [0, 0.1) is 0 Å².